The summed E-state index contributed by atoms with van der Waals surface area (Å²) in [7, 11) is 0. The number of rotatable bonds is 6. The van der Waals surface area contributed by atoms with Gasteiger partial charge in [0.2, 0.25) is 0 Å². The van der Waals surface area contributed by atoms with Gasteiger partial charge in [0.1, 0.15) is 0 Å². The van der Waals surface area contributed by atoms with Crippen LogP contribution in [0, 0.1) is 0 Å². The number of aliphatic hydroxyl groups excluding tert-OH is 1. The number of aliphatic hydroxyl groups is 1. The predicted molar refractivity (Wildman–Crippen MR) is 68.9 cm³/mol. The highest BCUT2D eigenvalue weighted by molar-refractivity contribution is 5.13. The summed E-state index contributed by atoms with van der Waals surface area (Å²) in [5, 5.41) is 9.82. The minimum Gasteiger partial charge on any atom is -1.00 e. The first-order valence-corrected chi connectivity index (χ1v) is 6.36. The van der Waals surface area contributed by atoms with Crippen molar-refractivity contribution in [2.24, 2.45) is 0 Å². The maximum Gasteiger partial charge on any atom is 1.00 e. The second-order valence-corrected chi connectivity index (χ2v) is 4.66. The molecule has 0 bridgehead atoms. The van der Waals surface area contributed by atoms with Crippen LogP contribution >= 0.6 is 0 Å². The van der Waals surface area contributed by atoms with Crippen LogP contribution in [0.25, 0.3) is 0 Å². The average molecular weight is 272 g/mol. The number of hydrogen-bond donors (Lipinski definition) is 1. The van der Waals surface area contributed by atoms with Crippen molar-refractivity contribution in [2.45, 2.75) is 25.6 Å². The van der Waals surface area contributed by atoms with Crippen molar-refractivity contribution in [3.63, 3.8) is 0 Å². The lowest BCUT2D eigenvalue weighted by Gasteiger charge is -2.19. The van der Waals surface area contributed by atoms with Gasteiger partial charge in [0, 0.05) is 6.54 Å². The molecule has 1 atom stereocenters. The summed E-state index contributed by atoms with van der Waals surface area (Å²) in [5.74, 6) is 0. The Kier molecular flexibility index (Phi) is 7.28. The second kappa shape index (κ2) is 8.48. The third-order valence-electron chi connectivity index (χ3n) is 3.09. The molecule has 1 aliphatic heterocycles. The Labute approximate surface area is 117 Å². The van der Waals surface area contributed by atoms with E-state index in [1.807, 2.05) is 30.3 Å². The van der Waals surface area contributed by atoms with Gasteiger partial charge in [-0.25, -0.2) is 0 Å². The summed E-state index contributed by atoms with van der Waals surface area (Å²) in [6.07, 6.45) is 2.16. The molecule has 102 valence electrons. The van der Waals surface area contributed by atoms with Crippen LogP contribution in [0.3, 0.4) is 0 Å². The normalized spacial score (nSPS) is 17.4. The molecule has 1 saturated heterocycles. The standard InChI is InChI=1S/C14H21NO2.ClH/c16-14(10-15-8-4-5-9-15)12-17-11-13-6-2-1-3-7-13;/h1-3,6-7,14,16H,4-5,8-12H2;1H. The summed E-state index contributed by atoms with van der Waals surface area (Å²) >= 11 is 0. The lowest BCUT2D eigenvalue weighted by molar-refractivity contribution is -0.00000795. The molecule has 1 aromatic rings. The van der Waals surface area contributed by atoms with Crippen molar-refractivity contribution >= 4 is 0 Å². The van der Waals surface area contributed by atoms with Crippen molar-refractivity contribution in [1.82, 2.24) is 4.90 Å². The molecule has 0 saturated carbocycles. The van der Waals surface area contributed by atoms with Gasteiger partial charge in [-0.15, -0.1) is 0 Å². The van der Waals surface area contributed by atoms with Crippen LogP contribution in [0.5, 0.6) is 0 Å². The third-order valence-corrected chi connectivity index (χ3v) is 3.09. The molecule has 1 aliphatic rings. The molecule has 1 unspecified atom stereocenters. The Hall–Kier alpha value is -0.610. The van der Waals surface area contributed by atoms with E-state index in [4.69, 9.17) is 4.74 Å². The number of likely N-dealkylation sites (tertiary alicyclic amines) is 1. The molecular weight excluding hydrogens is 250 g/mol. The molecule has 0 radical (unpaired) electrons. The molecule has 0 aromatic heterocycles. The molecule has 0 amide bonds. The molecule has 4 heteroatoms. The zero-order chi connectivity index (χ0) is 11.9. The SMILES string of the molecule is OC(COCc1ccccc1)CN1CCCC1.[Cl-].[H+]. The number of benzene rings is 1. The van der Waals surface area contributed by atoms with Crippen molar-refractivity contribution in [2.75, 3.05) is 26.2 Å². The summed E-state index contributed by atoms with van der Waals surface area (Å²) in [4.78, 5) is 2.30. The van der Waals surface area contributed by atoms with E-state index in [1.165, 1.54) is 12.8 Å². The van der Waals surface area contributed by atoms with Gasteiger partial charge in [-0.05, 0) is 31.5 Å². The Bertz CT molecular complexity index is 320. The van der Waals surface area contributed by atoms with E-state index in [1.54, 1.807) is 0 Å². The van der Waals surface area contributed by atoms with Crippen LogP contribution < -0.4 is 12.4 Å². The predicted octanol–water partition coefficient (Wildman–Crippen LogP) is -1.22. The Morgan fingerprint density at radius 3 is 2.56 bits per heavy atom. The van der Waals surface area contributed by atoms with E-state index in [9.17, 15) is 5.11 Å². The number of hydrogen-bond acceptors (Lipinski definition) is 3. The lowest BCUT2D eigenvalue weighted by atomic mass is 10.2. The third kappa shape index (κ3) is 5.36. The van der Waals surface area contributed by atoms with Crippen LogP contribution in [-0.2, 0) is 11.3 Å². The number of ether oxygens (including phenoxy) is 1. The number of halogens is 1. The van der Waals surface area contributed by atoms with E-state index in [0.29, 0.717) is 13.2 Å². The van der Waals surface area contributed by atoms with E-state index in [-0.39, 0.29) is 19.9 Å². The molecular formula is C14H22ClNO2. The zero-order valence-corrected chi connectivity index (χ0v) is 11.4. The first kappa shape index (κ1) is 15.4. The molecule has 0 spiro atoms. The van der Waals surface area contributed by atoms with Gasteiger partial charge in [-0.3, -0.25) is 0 Å². The van der Waals surface area contributed by atoms with E-state index in [2.05, 4.69) is 4.90 Å². The fraction of sp³-hybridized carbons (Fsp3) is 0.571. The van der Waals surface area contributed by atoms with Crippen LogP contribution in [0.2, 0.25) is 0 Å². The smallest absolute Gasteiger partial charge is 1.00 e. The Morgan fingerprint density at radius 1 is 1.22 bits per heavy atom. The highest BCUT2D eigenvalue weighted by atomic mass is 35.5. The average Bonchev–Trinajstić information content (AvgIpc) is 2.83. The summed E-state index contributed by atoms with van der Waals surface area (Å²) < 4.78 is 5.52. The first-order valence-electron chi connectivity index (χ1n) is 6.36. The first-order chi connectivity index (χ1) is 8.34. The van der Waals surface area contributed by atoms with E-state index >= 15 is 0 Å². The van der Waals surface area contributed by atoms with Crippen LogP contribution in [0.1, 0.15) is 19.8 Å². The molecule has 1 N–H and O–H groups in total. The summed E-state index contributed by atoms with van der Waals surface area (Å²) in [6.45, 7) is 3.99. The maximum atomic E-state index is 9.82. The zero-order valence-electron chi connectivity index (χ0n) is 11.6. The minimum absolute atomic E-state index is 0. The topological polar surface area (TPSA) is 32.7 Å². The quantitative estimate of drug-likeness (QED) is 0.704. The van der Waals surface area contributed by atoms with Gasteiger partial charge in [0.05, 0.1) is 19.3 Å². The van der Waals surface area contributed by atoms with Gasteiger partial charge in [-0.1, -0.05) is 30.3 Å². The second-order valence-electron chi connectivity index (χ2n) is 4.66. The highest BCUT2D eigenvalue weighted by Crippen LogP contribution is 2.08. The fourth-order valence-corrected chi connectivity index (χ4v) is 2.20. The summed E-state index contributed by atoms with van der Waals surface area (Å²) in [5.41, 5.74) is 1.15. The molecule has 0 aliphatic carbocycles. The van der Waals surface area contributed by atoms with Crippen molar-refractivity contribution in [1.29, 1.82) is 0 Å². The van der Waals surface area contributed by atoms with Gasteiger partial charge >= 0.3 is 1.43 Å². The van der Waals surface area contributed by atoms with Crippen LogP contribution in [0.15, 0.2) is 30.3 Å². The van der Waals surface area contributed by atoms with Crippen molar-refractivity contribution < 1.29 is 23.7 Å². The Morgan fingerprint density at radius 2 is 1.89 bits per heavy atom. The molecule has 3 nitrogen and oxygen atoms in total. The molecule has 2 rings (SSSR count). The molecule has 1 fully saturated rings. The van der Waals surface area contributed by atoms with Gasteiger partial charge in [0.25, 0.3) is 0 Å². The van der Waals surface area contributed by atoms with E-state index < -0.39 is 0 Å². The van der Waals surface area contributed by atoms with Gasteiger partial charge < -0.3 is 27.2 Å². The maximum absolute atomic E-state index is 9.82. The fourth-order valence-electron chi connectivity index (χ4n) is 2.20. The summed E-state index contributed by atoms with van der Waals surface area (Å²) in [6, 6.07) is 10.1. The lowest BCUT2D eigenvalue weighted by Crippen LogP contribution is -3.00. The number of β-amino-alcohol motifs (C(OH)–C–C–N with tert-alkyl or cyclic N) is 1. The minimum atomic E-state index is -0.364. The monoisotopic (exact) mass is 271 g/mol. The number of nitrogens with zero attached hydrogens (tertiary/aromatic N) is 1. The van der Waals surface area contributed by atoms with E-state index in [0.717, 1.165) is 25.2 Å². The van der Waals surface area contributed by atoms with Crippen molar-refractivity contribution in [3.8, 4) is 0 Å². The largest absolute Gasteiger partial charge is 1.00 e. The van der Waals surface area contributed by atoms with Gasteiger partial charge in [0.15, 0.2) is 0 Å². The highest BCUT2D eigenvalue weighted by Gasteiger charge is 2.15. The van der Waals surface area contributed by atoms with Crippen LogP contribution in [0.4, 0.5) is 0 Å². The van der Waals surface area contributed by atoms with Gasteiger partial charge in [-0.2, -0.15) is 0 Å². The Balaban J connectivity index is 0.00000162. The molecule has 1 aromatic carbocycles. The molecule has 1 heterocycles. The molecule has 18 heavy (non-hydrogen) atoms. The van der Waals surface area contributed by atoms with Crippen molar-refractivity contribution in [3.05, 3.63) is 35.9 Å². The van der Waals surface area contributed by atoms with Crippen LogP contribution in [-0.4, -0.2) is 42.4 Å².